The lowest BCUT2D eigenvalue weighted by molar-refractivity contribution is 0.585. The predicted molar refractivity (Wildman–Crippen MR) is 58.7 cm³/mol. The monoisotopic (exact) mass is 193 g/mol. The Hall–Kier alpha value is -0.990. The summed E-state index contributed by atoms with van der Waals surface area (Å²) >= 11 is 0. The molecule has 1 aliphatic heterocycles. The Bertz CT molecular complexity index is 339. The molecule has 1 N–H and O–H groups in total. The first kappa shape index (κ1) is 9.56. The van der Waals surface area contributed by atoms with Gasteiger partial charge in [-0.05, 0) is 18.3 Å². The van der Waals surface area contributed by atoms with Crippen LogP contribution in [-0.2, 0) is 13.5 Å². The standard InChI is InChI=1S/C11H19N3/c1-7(2)10-9-5-8(3)6-12-11(9)14(4)13-10/h7-8,12H,5-6H2,1-4H3. The Labute approximate surface area is 85.5 Å². The first-order chi connectivity index (χ1) is 6.59. The van der Waals surface area contributed by atoms with Gasteiger partial charge in [-0.1, -0.05) is 20.8 Å². The zero-order valence-electron chi connectivity index (χ0n) is 9.46. The normalized spacial score (nSPS) is 20.8. The van der Waals surface area contributed by atoms with Gasteiger partial charge in [-0.2, -0.15) is 5.10 Å². The summed E-state index contributed by atoms with van der Waals surface area (Å²) in [5, 5.41) is 8.04. The summed E-state index contributed by atoms with van der Waals surface area (Å²) < 4.78 is 1.98. The third-order valence-corrected chi connectivity index (χ3v) is 2.89. The first-order valence-electron chi connectivity index (χ1n) is 5.39. The lowest BCUT2D eigenvalue weighted by Crippen LogP contribution is -2.21. The molecule has 1 aromatic rings. The van der Waals surface area contributed by atoms with E-state index in [1.54, 1.807) is 0 Å². The zero-order valence-corrected chi connectivity index (χ0v) is 9.46. The topological polar surface area (TPSA) is 29.9 Å². The Kier molecular flexibility index (Phi) is 2.25. The number of nitrogens with zero attached hydrogens (tertiary/aromatic N) is 2. The lowest BCUT2D eigenvalue weighted by atomic mass is 9.94. The van der Waals surface area contributed by atoms with Crippen molar-refractivity contribution in [2.75, 3.05) is 11.9 Å². The fourth-order valence-corrected chi connectivity index (χ4v) is 2.17. The molecule has 0 aromatic carbocycles. The minimum atomic E-state index is 0.525. The van der Waals surface area contributed by atoms with Gasteiger partial charge in [0.2, 0.25) is 0 Å². The van der Waals surface area contributed by atoms with E-state index in [4.69, 9.17) is 0 Å². The predicted octanol–water partition coefficient (Wildman–Crippen LogP) is 2.15. The van der Waals surface area contributed by atoms with Crippen molar-refractivity contribution in [1.29, 1.82) is 0 Å². The molecule has 0 amide bonds. The van der Waals surface area contributed by atoms with Crippen LogP contribution in [0.4, 0.5) is 5.82 Å². The molecule has 0 fully saturated rings. The Morgan fingerprint density at radius 2 is 2.21 bits per heavy atom. The summed E-state index contributed by atoms with van der Waals surface area (Å²) in [4.78, 5) is 0. The third kappa shape index (κ3) is 1.41. The summed E-state index contributed by atoms with van der Waals surface area (Å²) in [5.41, 5.74) is 2.70. The van der Waals surface area contributed by atoms with E-state index in [0.717, 1.165) is 12.5 Å². The second kappa shape index (κ2) is 3.30. The number of aryl methyl sites for hydroxylation is 1. The highest BCUT2D eigenvalue weighted by Crippen LogP contribution is 2.30. The van der Waals surface area contributed by atoms with Gasteiger partial charge in [-0.3, -0.25) is 4.68 Å². The number of fused-ring (bicyclic) bond motifs is 1. The van der Waals surface area contributed by atoms with E-state index in [1.807, 2.05) is 11.7 Å². The summed E-state index contributed by atoms with van der Waals surface area (Å²) in [6.45, 7) is 7.78. The van der Waals surface area contributed by atoms with Crippen molar-refractivity contribution in [3.63, 3.8) is 0 Å². The molecule has 3 heteroatoms. The largest absolute Gasteiger partial charge is 0.370 e. The van der Waals surface area contributed by atoms with Gasteiger partial charge in [0.15, 0.2) is 0 Å². The van der Waals surface area contributed by atoms with E-state index in [-0.39, 0.29) is 0 Å². The molecule has 78 valence electrons. The highest BCUT2D eigenvalue weighted by atomic mass is 15.3. The first-order valence-corrected chi connectivity index (χ1v) is 5.39. The summed E-state index contributed by atoms with van der Waals surface area (Å²) in [5.74, 6) is 2.48. The van der Waals surface area contributed by atoms with Crippen molar-refractivity contribution in [2.24, 2.45) is 13.0 Å². The minimum Gasteiger partial charge on any atom is -0.370 e. The average molecular weight is 193 g/mol. The molecule has 0 aliphatic carbocycles. The van der Waals surface area contributed by atoms with Crippen molar-refractivity contribution in [3.05, 3.63) is 11.3 Å². The third-order valence-electron chi connectivity index (χ3n) is 2.89. The van der Waals surface area contributed by atoms with Crippen LogP contribution in [0, 0.1) is 5.92 Å². The van der Waals surface area contributed by atoms with E-state index in [2.05, 4.69) is 31.2 Å². The van der Waals surface area contributed by atoms with Crippen LogP contribution in [0.2, 0.25) is 0 Å². The number of anilines is 1. The molecule has 0 saturated heterocycles. The maximum Gasteiger partial charge on any atom is 0.127 e. The van der Waals surface area contributed by atoms with Crippen molar-refractivity contribution >= 4 is 5.82 Å². The van der Waals surface area contributed by atoms with Gasteiger partial charge in [-0.15, -0.1) is 0 Å². The summed E-state index contributed by atoms with van der Waals surface area (Å²) in [6.07, 6.45) is 1.17. The molecular formula is C11H19N3. The molecule has 1 aliphatic rings. The number of hydrogen-bond acceptors (Lipinski definition) is 2. The number of rotatable bonds is 1. The van der Waals surface area contributed by atoms with Gasteiger partial charge >= 0.3 is 0 Å². The molecule has 1 atom stereocenters. The van der Waals surface area contributed by atoms with E-state index < -0.39 is 0 Å². The van der Waals surface area contributed by atoms with Crippen LogP contribution in [0.3, 0.4) is 0 Å². The second-order valence-electron chi connectivity index (χ2n) is 4.68. The fourth-order valence-electron chi connectivity index (χ4n) is 2.17. The van der Waals surface area contributed by atoms with Crippen molar-refractivity contribution in [2.45, 2.75) is 33.1 Å². The van der Waals surface area contributed by atoms with Crippen molar-refractivity contribution < 1.29 is 0 Å². The Morgan fingerprint density at radius 3 is 2.86 bits per heavy atom. The van der Waals surface area contributed by atoms with Gasteiger partial charge in [0.1, 0.15) is 5.82 Å². The van der Waals surface area contributed by atoms with Gasteiger partial charge in [0, 0.05) is 19.2 Å². The molecule has 2 rings (SSSR count). The molecule has 2 heterocycles. The van der Waals surface area contributed by atoms with Crippen LogP contribution in [0.15, 0.2) is 0 Å². The molecule has 0 bridgehead atoms. The lowest BCUT2D eigenvalue weighted by Gasteiger charge is -2.21. The van der Waals surface area contributed by atoms with Gasteiger partial charge in [0.25, 0.3) is 0 Å². The van der Waals surface area contributed by atoms with E-state index in [1.165, 1.54) is 23.5 Å². The molecule has 0 spiro atoms. The van der Waals surface area contributed by atoms with E-state index >= 15 is 0 Å². The average Bonchev–Trinajstić information content (AvgIpc) is 2.43. The number of hydrogen-bond donors (Lipinski definition) is 1. The van der Waals surface area contributed by atoms with Crippen LogP contribution in [0.1, 0.15) is 37.9 Å². The van der Waals surface area contributed by atoms with E-state index in [9.17, 15) is 0 Å². The molecule has 0 radical (unpaired) electrons. The van der Waals surface area contributed by atoms with Crippen molar-refractivity contribution in [1.82, 2.24) is 9.78 Å². The molecule has 14 heavy (non-hydrogen) atoms. The number of nitrogens with one attached hydrogen (secondary N) is 1. The summed E-state index contributed by atoms with van der Waals surface area (Å²) in [7, 11) is 2.02. The van der Waals surface area contributed by atoms with Crippen molar-refractivity contribution in [3.8, 4) is 0 Å². The quantitative estimate of drug-likeness (QED) is 0.740. The van der Waals surface area contributed by atoms with Crippen LogP contribution in [0.25, 0.3) is 0 Å². The Balaban J connectivity index is 2.45. The molecule has 1 aromatic heterocycles. The molecule has 3 nitrogen and oxygen atoms in total. The van der Waals surface area contributed by atoms with Crippen LogP contribution >= 0.6 is 0 Å². The SMILES string of the molecule is CC1CNc2c(c(C(C)C)nn2C)C1. The van der Waals surface area contributed by atoms with E-state index in [0.29, 0.717) is 5.92 Å². The number of aromatic nitrogens is 2. The van der Waals surface area contributed by atoms with Gasteiger partial charge < -0.3 is 5.32 Å². The van der Waals surface area contributed by atoms with Crippen LogP contribution in [0.5, 0.6) is 0 Å². The van der Waals surface area contributed by atoms with Crippen LogP contribution in [-0.4, -0.2) is 16.3 Å². The van der Waals surface area contributed by atoms with Crippen LogP contribution < -0.4 is 5.32 Å². The van der Waals surface area contributed by atoms with Gasteiger partial charge in [0.05, 0.1) is 5.69 Å². The molecule has 1 unspecified atom stereocenters. The maximum absolute atomic E-state index is 4.58. The zero-order chi connectivity index (χ0) is 10.3. The smallest absolute Gasteiger partial charge is 0.127 e. The highest BCUT2D eigenvalue weighted by Gasteiger charge is 2.23. The molecular weight excluding hydrogens is 174 g/mol. The summed E-state index contributed by atoms with van der Waals surface area (Å²) in [6, 6.07) is 0. The fraction of sp³-hybridized carbons (Fsp3) is 0.727. The molecule has 0 saturated carbocycles. The highest BCUT2D eigenvalue weighted by molar-refractivity contribution is 5.50. The maximum atomic E-state index is 4.58. The Morgan fingerprint density at radius 1 is 1.50 bits per heavy atom. The second-order valence-corrected chi connectivity index (χ2v) is 4.68. The van der Waals surface area contributed by atoms with Gasteiger partial charge in [-0.25, -0.2) is 0 Å². The minimum absolute atomic E-state index is 0.525.